The van der Waals surface area contributed by atoms with Crippen molar-refractivity contribution in [2.24, 2.45) is 4.99 Å². The zero-order valence-corrected chi connectivity index (χ0v) is 13.5. The Balaban J connectivity index is 2.00. The van der Waals surface area contributed by atoms with Crippen LogP contribution in [-0.4, -0.2) is 25.1 Å². The van der Waals surface area contributed by atoms with Crippen LogP contribution in [0.1, 0.15) is 39.2 Å². The maximum absolute atomic E-state index is 6.10. The number of hydrogen-bond acceptors (Lipinski definition) is 1. The lowest BCUT2D eigenvalue weighted by Gasteiger charge is -2.25. The summed E-state index contributed by atoms with van der Waals surface area (Å²) in [5, 5.41) is 7.64. The monoisotopic (exact) mass is 293 g/mol. The van der Waals surface area contributed by atoms with Gasteiger partial charge in [0.2, 0.25) is 0 Å². The first-order chi connectivity index (χ1) is 9.35. The lowest BCUT2D eigenvalue weighted by atomic mass is 9.96. The number of benzene rings is 1. The first-order valence-corrected chi connectivity index (χ1v) is 7.47. The van der Waals surface area contributed by atoms with Gasteiger partial charge in [0.25, 0.3) is 0 Å². The third-order valence-electron chi connectivity index (χ3n) is 3.60. The molecule has 0 bridgehead atoms. The normalized spacial score (nSPS) is 17.8. The van der Waals surface area contributed by atoms with Gasteiger partial charge in [0.15, 0.2) is 5.96 Å². The Morgan fingerprint density at radius 1 is 1.35 bits per heavy atom. The molecule has 0 unspecified atom stereocenters. The molecular weight excluding hydrogens is 270 g/mol. The Hall–Kier alpha value is -1.22. The number of aliphatic imine (C=N–C) groups is 1. The molecular formula is C16H24ClN3. The molecule has 3 nitrogen and oxygen atoms in total. The maximum atomic E-state index is 6.10. The first kappa shape index (κ1) is 15.2. The van der Waals surface area contributed by atoms with E-state index in [1.54, 1.807) is 7.05 Å². The van der Waals surface area contributed by atoms with E-state index in [9.17, 15) is 0 Å². The molecule has 0 saturated heterocycles. The van der Waals surface area contributed by atoms with Crippen LogP contribution in [0.15, 0.2) is 29.3 Å². The molecule has 0 amide bonds. The lowest BCUT2D eigenvalue weighted by molar-refractivity contribution is 0.497. The molecule has 0 spiro atoms. The van der Waals surface area contributed by atoms with E-state index in [0.29, 0.717) is 0 Å². The summed E-state index contributed by atoms with van der Waals surface area (Å²) < 4.78 is 0. The fourth-order valence-electron chi connectivity index (χ4n) is 2.32. The molecule has 0 heterocycles. The van der Waals surface area contributed by atoms with E-state index in [-0.39, 0.29) is 11.0 Å². The average Bonchev–Trinajstić information content (AvgIpc) is 3.14. The van der Waals surface area contributed by atoms with Crippen LogP contribution in [0.25, 0.3) is 0 Å². The van der Waals surface area contributed by atoms with Crippen molar-refractivity contribution in [2.75, 3.05) is 13.6 Å². The van der Waals surface area contributed by atoms with Crippen molar-refractivity contribution in [3.63, 3.8) is 0 Å². The third kappa shape index (κ3) is 3.89. The van der Waals surface area contributed by atoms with Gasteiger partial charge in [-0.2, -0.15) is 0 Å². The number of halogens is 1. The Morgan fingerprint density at radius 3 is 2.55 bits per heavy atom. The van der Waals surface area contributed by atoms with E-state index in [1.165, 1.54) is 18.4 Å². The van der Waals surface area contributed by atoms with Crippen molar-refractivity contribution in [3.8, 4) is 0 Å². The summed E-state index contributed by atoms with van der Waals surface area (Å²) in [4.78, 5) is 4.28. The van der Waals surface area contributed by atoms with Gasteiger partial charge < -0.3 is 10.6 Å². The Bertz CT molecular complexity index is 499. The largest absolute Gasteiger partial charge is 0.356 e. The van der Waals surface area contributed by atoms with Crippen LogP contribution in [0, 0.1) is 0 Å². The van der Waals surface area contributed by atoms with Gasteiger partial charge >= 0.3 is 0 Å². The van der Waals surface area contributed by atoms with Gasteiger partial charge in [0, 0.05) is 29.6 Å². The van der Waals surface area contributed by atoms with E-state index < -0.39 is 0 Å². The van der Waals surface area contributed by atoms with E-state index in [4.69, 9.17) is 11.6 Å². The minimum absolute atomic E-state index is 0.00854. The molecule has 20 heavy (non-hydrogen) atoms. The van der Waals surface area contributed by atoms with Gasteiger partial charge in [-0.3, -0.25) is 4.99 Å². The number of hydrogen-bond donors (Lipinski definition) is 2. The summed E-state index contributed by atoms with van der Waals surface area (Å²) in [5.41, 5.74) is 1.55. The molecule has 4 heteroatoms. The summed E-state index contributed by atoms with van der Waals surface area (Å²) in [6, 6.07) is 8.20. The highest BCUT2D eigenvalue weighted by Gasteiger charge is 2.44. The molecule has 2 N–H and O–H groups in total. The summed E-state index contributed by atoms with van der Waals surface area (Å²) in [6.45, 7) is 7.28. The summed E-state index contributed by atoms with van der Waals surface area (Å²) in [7, 11) is 1.81. The molecule has 1 saturated carbocycles. The quantitative estimate of drug-likeness (QED) is 0.662. The Kier molecular flexibility index (Phi) is 4.28. The summed E-state index contributed by atoms with van der Waals surface area (Å²) in [6.07, 6.45) is 2.40. The number of rotatable bonds is 3. The predicted molar refractivity (Wildman–Crippen MR) is 86.6 cm³/mol. The maximum Gasteiger partial charge on any atom is 0.191 e. The van der Waals surface area contributed by atoms with Crippen molar-refractivity contribution in [2.45, 2.75) is 44.6 Å². The molecule has 0 atom stereocenters. The fourth-order valence-corrected chi connectivity index (χ4v) is 2.51. The molecule has 1 fully saturated rings. The Morgan fingerprint density at radius 2 is 2.05 bits per heavy atom. The van der Waals surface area contributed by atoms with Crippen LogP contribution in [-0.2, 0) is 5.41 Å². The number of nitrogens with one attached hydrogen (secondary N) is 2. The number of guanidine groups is 1. The van der Waals surface area contributed by atoms with Gasteiger partial charge in [-0.15, -0.1) is 0 Å². The highest BCUT2D eigenvalue weighted by Crippen LogP contribution is 2.48. The van der Waals surface area contributed by atoms with Crippen LogP contribution in [0.5, 0.6) is 0 Å². The van der Waals surface area contributed by atoms with E-state index in [1.807, 2.05) is 12.1 Å². The molecule has 1 aromatic carbocycles. The van der Waals surface area contributed by atoms with Gasteiger partial charge in [0.1, 0.15) is 0 Å². The predicted octanol–water partition coefficient (Wildman–Crippen LogP) is 3.34. The minimum atomic E-state index is 0.00854. The zero-order valence-electron chi connectivity index (χ0n) is 12.8. The van der Waals surface area contributed by atoms with Crippen LogP contribution < -0.4 is 10.6 Å². The van der Waals surface area contributed by atoms with Crippen molar-refractivity contribution in [1.82, 2.24) is 10.6 Å². The van der Waals surface area contributed by atoms with Crippen LogP contribution >= 0.6 is 11.6 Å². The molecule has 1 aromatic rings. The second-order valence-corrected chi connectivity index (χ2v) is 7.03. The van der Waals surface area contributed by atoms with Gasteiger partial charge in [-0.1, -0.05) is 23.7 Å². The third-order valence-corrected chi connectivity index (χ3v) is 3.84. The lowest BCUT2D eigenvalue weighted by Crippen LogP contribution is -2.49. The second kappa shape index (κ2) is 5.65. The molecule has 1 aliphatic rings. The van der Waals surface area contributed by atoms with Crippen molar-refractivity contribution < 1.29 is 0 Å². The molecule has 2 rings (SSSR count). The molecule has 1 aliphatic carbocycles. The van der Waals surface area contributed by atoms with Crippen LogP contribution in [0.3, 0.4) is 0 Å². The van der Waals surface area contributed by atoms with E-state index >= 15 is 0 Å². The van der Waals surface area contributed by atoms with Gasteiger partial charge in [-0.25, -0.2) is 0 Å². The van der Waals surface area contributed by atoms with Gasteiger partial charge in [-0.05, 0) is 51.3 Å². The molecule has 0 aliphatic heterocycles. The SMILES string of the molecule is CN=C(NCC1(c2cccc(Cl)c2)CC1)NC(C)(C)C. The van der Waals surface area contributed by atoms with Gasteiger partial charge in [0.05, 0.1) is 0 Å². The molecule has 0 aromatic heterocycles. The summed E-state index contributed by atoms with van der Waals surface area (Å²) >= 11 is 6.10. The molecule has 110 valence electrons. The topological polar surface area (TPSA) is 36.4 Å². The highest BCUT2D eigenvalue weighted by molar-refractivity contribution is 6.30. The van der Waals surface area contributed by atoms with Crippen LogP contribution in [0.2, 0.25) is 5.02 Å². The van der Waals surface area contributed by atoms with E-state index in [2.05, 4.69) is 48.5 Å². The molecule has 0 radical (unpaired) electrons. The fraction of sp³-hybridized carbons (Fsp3) is 0.562. The van der Waals surface area contributed by atoms with E-state index in [0.717, 1.165) is 17.5 Å². The first-order valence-electron chi connectivity index (χ1n) is 7.10. The van der Waals surface area contributed by atoms with Crippen molar-refractivity contribution >= 4 is 17.6 Å². The number of nitrogens with zero attached hydrogens (tertiary/aromatic N) is 1. The highest BCUT2D eigenvalue weighted by atomic mass is 35.5. The second-order valence-electron chi connectivity index (χ2n) is 6.59. The van der Waals surface area contributed by atoms with Crippen molar-refractivity contribution in [3.05, 3.63) is 34.9 Å². The summed E-state index contributed by atoms with van der Waals surface area (Å²) in [5.74, 6) is 0.853. The standard InChI is InChI=1S/C16H24ClN3/c1-15(2,3)20-14(18-4)19-11-16(8-9-16)12-6-5-7-13(17)10-12/h5-7,10H,8-9,11H2,1-4H3,(H2,18,19,20). The van der Waals surface area contributed by atoms with Crippen molar-refractivity contribution in [1.29, 1.82) is 0 Å². The minimum Gasteiger partial charge on any atom is -0.356 e. The average molecular weight is 294 g/mol. The smallest absolute Gasteiger partial charge is 0.191 e. The zero-order chi connectivity index (χ0) is 14.8. The Labute approximate surface area is 126 Å². The van der Waals surface area contributed by atoms with Crippen LogP contribution in [0.4, 0.5) is 0 Å².